The number of nitrogens with zero attached hydrogens (tertiary/aromatic N) is 2. The van der Waals surface area contributed by atoms with Crippen LogP contribution < -0.4 is 10.6 Å². The van der Waals surface area contributed by atoms with Crippen LogP contribution in [0.25, 0.3) is 0 Å². The monoisotopic (exact) mass is 450 g/mol. The molecule has 31 heavy (non-hydrogen) atoms. The van der Waals surface area contributed by atoms with Crippen LogP contribution in [0.3, 0.4) is 0 Å². The fraction of sp³-hybridized carbons (Fsp3) is 0.571. The number of hydrogen-bond donors (Lipinski definition) is 2. The molecule has 1 aliphatic carbocycles. The second-order valence-electron chi connectivity index (χ2n) is 8.25. The average molecular weight is 451 g/mol. The topological polar surface area (TPSA) is 116 Å². The van der Waals surface area contributed by atoms with Gasteiger partial charge in [-0.25, -0.2) is 13.2 Å². The number of urea groups is 1. The minimum Gasteiger partial charge on any atom is -0.325 e. The zero-order chi connectivity index (χ0) is 22.8. The summed E-state index contributed by atoms with van der Waals surface area (Å²) in [4.78, 5) is 38.8. The van der Waals surface area contributed by atoms with E-state index in [1.165, 1.54) is 28.6 Å². The maximum Gasteiger partial charge on any atom is 0.325 e. The molecule has 170 valence electrons. The smallest absolute Gasteiger partial charge is 0.325 e. The zero-order valence-electron chi connectivity index (χ0n) is 18.2. The highest BCUT2D eigenvalue weighted by atomic mass is 32.2. The fourth-order valence-electron chi connectivity index (χ4n) is 4.18. The third-order valence-electron chi connectivity index (χ3n) is 6.16. The van der Waals surface area contributed by atoms with E-state index in [4.69, 9.17) is 0 Å². The number of imide groups is 1. The number of nitrogens with one attached hydrogen (secondary N) is 2. The van der Waals surface area contributed by atoms with Gasteiger partial charge in [-0.2, -0.15) is 4.31 Å². The van der Waals surface area contributed by atoms with E-state index in [0.717, 1.165) is 17.7 Å². The third kappa shape index (κ3) is 4.59. The molecule has 2 N–H and O–H groups in total. The first kappa shape index (κ1) is 23.2. The predicted octanol–water partition coefficient (Wildman–Crippen LogP) is 2.16. The summed E-state index contributed by atoms with van der Waals surface area (Å²) in [6.45, 7) is 6.00. The van der Waals surface area contributed by atoms with E-state index >= 15 is 0 Å². The van der Waals surface area contributed by atoms with Gasteiger partial charge >= 0.3 is 6.03 Å². The summed E-state index contributed by atoms with van der Waals surface area (Å²) in [6, 6.07) is 5.29. The minimum absolute atomic E-state index is 0.136. The van der Waals surface area contributed by atoms with Gasteiger partial charge in [0.05, 0.1) is 4.90 Å². The van der Waals surface area contributed by atoms with Gasteiger partial charge in [0.25, 0.3) is 5.91 Å². The van der Waals surface area contributed by atoms with Crippen molar-refractivity contribution >= 4 is 33.6 Å². The lowest BCUT2D eigenvalue weighted by atomic mass is 9.77. The fourth-order valence-corrected chi connectivity index (χ4v) is 5.64. The first-order valence-electron chi connectivity index (χ1n) is 10.7. The number of amides is 4. The van der Waals surface area contributed by atoms with Crippen LogP contribution in [0.5, 0.6) is 0 Å². The van der Waals surface area contributed by atoms with Crippen LogP contribution >= 0.6 is 0 Å². The van der Waals surface area contributed by atoms with Crippen LogP contribution in [0.1, 0.15) is 46.5 Å². The van der Waals surface area contributed by atoms with E-state index in [1.807, 2.05) is 0 Å². The number of carbonyl (C=O) groups is 3. The molecule has 0 radical (unpaired) electrons. The molecule has 1 aliphatic heterocycles. The number of hydrogen-bond acceptors (Lipinski definition) is 5. The Morgan fingerprint density at radius 3 is 2.29 bits per heavy atom. The van der Waals surface area contributed by atoms with E-state index < -0.39 is 27.5 Å². The van der Waals surface area contributed by atoms with Gasteiger partial charge in [-0.05, 0) is 55.9 Å². The van der Waals surface area contributed by atoms with Gasteiger partial charge in [0.15, 0.2) is 0 Å². The lowest BCUT2D eigenvalue weighted by Gasteiger charge is -2.33. The van der Waals surface area contributed by atoms with Gasteiger partial charge in [0.1, 0.15) is 12.1 Å². The molecule has 9 nitrogen and oxygen atoms in total. The highest BCUT2D eigenvalue weighted by molar-refractivity contribution is 7.89. The van der Waals surface area contributed by atoms with Gasteiger partial charge < -0.3 is 10.6 Å². The van der Waals surface area contributed by atoms with Crippen molar-refractivity contribution in [2.24, 2.45) is 5.92 Å². The van der Waals surface area contributed by atoms with Crippen LogP contribution in [-0.2, 0) is 19.6 Å². The molecule has 2 fully saturated rings. The number of anilines is 1. The maximum atomic E-state index is 12.9. The second-order valence-corrected chi connectivity index (χ2v) is 10.2. The van der Waals surface area contributed by atoms with Crippen LogP contribution in [-0.4, -0.2) is 60.6 Å². The molecule has 0 aromatic heterocycles. The molecule has 4 amide bonds. The molecular weight excluding hydrogens is 420 g/mol. The summed E-state index contributed by atoms with van der Waals surface area (Å²) in [7, 11) is -3.58. The van der Waals surface area contributed by atoms with Crippen molar-refractivity contribution in [3.8, 4) is 0 Å². The molecule has 1 spiro atoms. The van der Waals surface area contributed by atoms with Crippen molar-refractivity contribution in [2.45, 2.75) is 56.9 Å². The summed E-state index contributed by atoms with van der Waals surface area (Å²) < 4.78 is 26.4. The van der Waals surface area contributed by atoms with E-state index in [2.05, 4.69) is 17.6 Å². The SMILES string of the molecule is CCN(CC)S(=O)(=O)c1ccc(NC(=O)CN2C(=O)NC3(CCC(C)CC3)C2=O)cc1. The Hall–Kier alpha value is -2.46. The van der Waals surface area contributed by atoms with E-state index in [-0.39, 0.29) is 17.3 Å². The van der Waals surface area contributed by atoms with Crippen molar-refractivity contribution in [1.82, 2.24) is 14.5 Å². The first-order chi connectivity index (χ1) is 14.6. The predicted molar refractivity (Wildman–Crippen MR) is 116 cm³/mol. The summed E-state index contributed by atoms with van der Waals surface area (Å²) in [5.41, 5.74) is -0.499. The molecule has 3 rings (SSSR count). The summed E-state index contributed by atoms with van der Waals surface area (Å²) in [5.74, 6) is -0.356. The molecule has 0 bridgehead atoms. The average Bonchev–Trinajstić information content (AvgIpc) is 2.95. The molecule has 1 heterocycles. The first-order valence-corrected chi connectivity index (χ1v) is 12.1. The number of sulfonamides is 1. The molecule has 1 saturated heterocycles. The van der Waals surface area contributed by atoms with E-state index in [0.29, 0.717) is 37.5 Å². The summed E-state index contributed by atoms with van der Waals surface area (Å²) >= 11 is 0. The van der Waals surface area contributed by atoms with Crippen LogP contribution in [0, 0.1) is 5.92 Å². The van der Waals surface area contributed by atoms with Crippen LogP contribution in [0.2, 0.25) is 0 Å². The summed E-state index contributed by atoms with van der Waals surface area (Å²) in [6.07, 6.45) is 2.88. The molecular formula is C21H30N4O5S. The van der Waals surface area contributed by atoms with Crippen LogP contribution in [0.15, 0.2) is 29.2 Å². The molecule has 2 aliphatic rings. The molecule has 1 aromatic carbocycles. The normalized spacial score (nSPS) is 24.0. The van der Waals surface area contributed by atoms with Gasteiger partial charge in [-0.1, -0.05) is 20.8 Å². The Morgan fingerprint density at radius 1 is 1.16 bits per heavy atom. The van der Waals surface area contributed by atoms with E-state index in [1.54, 1.807) is 13.8 Å². The highest BCUT2D eigenvalue weighted by Crippen LogP contribution is 2.36. The number of benzene rings is 1. The Labute approximate surface area is 183 Å². The van der Waals surface area contributed by atoms with E-state index in [9.17, 15) is 22.8 Å². The lowest BCUT2D eigenvalue weighted by Crippen LogP contribution is -2.49. The summed E-state index contributed by atoms with van der Waals surface area (Å²) in [5, 5.41) is 5.41. The number of rotatable bonds is 7. The third-order valence-corrected chi connectivity index (χ3v) is 8.22. The quantitative estimate of drug-likeness (QED) is 0.618. The van der Waals surface area contributed by atoms with Crippen molar-refractivity contribution in [1.29, 1.82) is 0 Å². The van der Waals surface area contributed by atoms with Gasteiger partial charge in [-0.3, -0.25) is 14.5 Å². The zero-order valence-corrected chi connectivity index (χ0v) is 19.0. The molecule has 0 atom stereocenters. The van der Waals surface area contributed by atoms with Gasteiger partial charge in [0.2, 0.25) is 15.9 Å². The van der Waals surface area contributed by atoms with Crippen LogP contribution in [0.4, 0.5) is 10.5 Å². The van der Waals surface area contributed by atoms with Gasteiger partial charge in [0, 0.05) is 18.8 Å². The minimum atomic E-state index is -3.58. The van der Waals surface area contributed by atoms with Gasteiger partial charge in [-0.15, -0.1) is 0 Å². The molecule has 1 saturated carbocycles. The molecule has 1 aromatic rings. The second kappa shape index (κ2) is 8.96. The largest absolute Gasteiger partial charge is 0.325 e. The Bertz CT molecular complexity index is 948. The highest BCUT2D eigenvalue weighted by Gasteiger charge is 2.52. The number of carbonyl (C=O) groups excluding carboxylic acids is 3. The maximum absolute atomic E-state index is 12.9. The molecule has 0 unspecified atom stereocenters. The van der Waals surface area contributed by atoms with Crippen molar-refractivity contribution in [3.05, 3.63) is 24.3 Å². The van der Waals surface area contributed by atoms with Crippen molar-refractivity contribution < 1.29 is 22.8 Å². The lowest BCUT2D eigenvalue weighted by molar-refractivity contribution is -0.135. The Balaban J connectivity index is 1.63. The Morgan fingerprint density at radius 2 is 1.74 bits per heavy atom. The molecule has 10 heteroatoms. The Kier molecular flexibility index (Phi) is 6.70. The van der Waals surface area contributed by atoms with Crippen molar-refractivity contribution in [2.75, 3.05) is 25.0 Å². The standard InChI is InChI=1S/C21H30N4O5S/c1-4-24(5-2)31(29,30)17-8-6-16(7-9-17)22-18(26)14-25-19(27)21(23-20(25)28)12-10-15(3)11-13-21/h6-9,15H,4-5,10-14H2,1-3H3,(H,22,26)(H,23,28). The van der Waals surface area contributed by atoms with Crippen molar-refractivity contribution in [3.63, 3.8) is 0 Å².